The van der Waals surface area contributed by atoms with Gasteiger partial charge in [-0.15, -0.1) is 5.54 Å². The topological polar surface area (TPSA) is 97.0 Å². The van der Waals surface area contributed by atoms with Crippen molar-refractivity contribution in [2.24, 2.45) is 0 Å². The van der Waals surface area contributed by atoms with E-state index in [9.17, 15) is 9.18 Å². The number of halogens is 4. The zero-order valence-electron chi connectivity index (χ0n) is 37.0. The molecule has 4 aromatic rings. The highest BCUT2D eigenvalue weighted by atomic mass is 28.3. The van der Waals surface area contributed by atoms with Crippen molar-refractivity contribution in [3.63, 3.8) is 0 Å². The number of hydrogen-bond acceptors (Lipinski definition) is 8. The fourth-order valence-corrected chi connectivity index (χ4v) is 15.6. The van der Waals surface area contributed by atoms with Gasteiger partial charge in [0.05, 0.1) is 22.1 Å². The van der Waals surface area contributed by atoms with Crippen LogP contribution in [-0.2, 0) is 4.74 Å². The molecular weight excluding hydrogens is 801 g/mol. The molecule has 0 saturated carbocycles. The molecule has 3 aliphatic heterocycles. The number of amides is 1. The summed E-state index contributed by atoms with van der Waals surface area (Å²) in [6.07, 6.45) is 2.35. The lowest BCUT2D eigenvalue weighted by molar-refractivity contribution is 0.0232. The zero-order chi connectivity index (χ0) is 44.2. The van der Waals surface area contributed by atoms with Gasteiger partial charge < -0.3 is 15.2 Å². The molecule has 0 aliphatic carbocycles. The monoisotopic (exact) mass is 860 g/mol. The quantitative estimate of drug-likeness (QED) is 0.0810. The summed E-state index contributed by atoms with van der Waals surface area (Å²) >= 11 is 0. The molecule has 0 bridgehead atoms. The third kappa shape index (κ3) is 8.36. The molecule has 14 heteroatoms. The number of fused-ring (bicyclic) bond motifs is 3. The van der Waals surface area contributed by atoms with Crippen LogP contribution in [-0.4, -0.2) is 84.1 Å². The van der Waals surface area contributed by atoms with Crippen LogP contribution in [0.5, 0.6) is 6.01 Å². The second kappa shape index (κ2) is 16.9. The number of carbonyl (C=O) groups is 1. The van der Waals surface area contributed by atoms with Crippen molar-refractivity contribution in [3.05, 3.63) is 53.3 Å². The van der Waals surface area contributed by atoms with Gasteiger partial charge in [-0.05, 0) is 111 Å². The lowest BCUT2D eigenvalue weighted by Crippen LogP contribution is -2.49. The first-order chi connectivity index (χ1) is 28.8. The van der Waals surface area contributed by atoms with E-state index in [2.05, 4.69) is 62.9 Å². The summed E-state index contributed by atoms with van der Waals surface area (Å²) in [5, 5.41) is 3.71. The molecule has 2 N–H and O–H groups in total. The molecule has 4 heterocycles. The zero-order valence-corrected chi connectivity index (χ0v) is 38.0. The third-order valence-electron chi connectivity index (χ3n) is 13.1. The molecule has 2 atom stereocenters. The molecular formula is C47H60F4N6O3Si. The van der Waals surface area contributed by atoms with Crippen LogP contribution in [0.3, 0.4) is 0 Å². The molecule has 0 spiro atoms. The Morgan fingerprint density at radius 3 is 2.34 bits per heavy atom. The number of alkyl halides is 1. The summed E-state index contributed by atoms with van der Waals surface area (Å²) in [6, 6.07) is 6.89. The molecule has 61 heavy (non-hydrogen) atoms. The normalized spacial score (nSPS) is 20.2. The van der Waals surface area contributed by atoms with Crippen LogP contribution >= 0.6 is 0 Å². The average Bonchev–Trinajstić information content (AvgIpc) is 3.57. The second-order valence-corrected chi connectivity index (χ2v) is 24.7. The van der Waals surface area contributed by atoms with Crippen LogP contribution in [0.25, 0.3) is 32.8 Å². The number of benzene rings is 3. The van der Waals surface area contributed by atoms with Crippen LogP contribution in [0.2, 0.25) is 16.6 Å². The van der Waals surface area contributed by atoms with Gasteiger partial charge in [0.25, 0.3) is 0 Å². The summed E-state index contributed by atoms with van der Waals surface area (Å²) in [4.78, 5) is 25.2. The standard InChI is InChI=1S/C47H60F4N6O3Si/c1-28(2)61(29(3)4,30(5)6)21-16-34-37(49)15-14-31-22-33(52)23-35(39(31)34)40-38(50)24-36-42(41(40)51)53-44(59-27-47-17-13-18-55(47)26-32(48)25-47)54-43(36)56-19-11-10-12-20-57(56)45(58)60-46(7,8)9/h14-15,22-24,28-30,32H,10-13,17-20,25-27,52H2,1-9H3/t32-,47+/m1/s1. The van der Waals surface area contributed by atoms with Crippen molar-refractivity contribution in [1.82, 2.24) is 19.9 Å². The summed E-state index contributed by atoms with van der Waals surface area (Å²) in [5.41, 5.74) is 8.93. The number of rotatable bonds is 8. The van der Waals surface area contributed by atoms with E-state index in [-0.39, 0.29) is 87.7 Å². The van der Waals surface area contributed by atoms with Crippen LogP contribution in [0.4, 0.5) is 33.9 Å². The van der Waals surface area contributed by atoms with Crippen molar-refractivity contribution in [2.75, 3.05) is 43.5 Å². The number of hydrogen-bond donors (Lipinski definition) is 1. The minimum absolute atomic E-state index is 0.00658. The molecule has 0 unspecified atom stereocenters. The Bertz CT molecular complexity index is 2370. The number of anilines is 2. The predicted octanol–water partition coefficient (Wildman–Crippen LogP) is 11.1. The van der Waals surface area contributed by atoms with E-state index in [0.717, 1.165) is 31.9 Å². The van der Waals surface area contributed by atoms with E-state index < -0.39 is 54.5 Å². The average molecular weight is 861 g/mol. The fraction of sp³-hybridized carbons (Fsp3) is 0.553. The van der Waals surface area contributed by atoms with Gasteiger partial charge in [-0.3, -0.25) is 9.91 Å². The van der Waals surface area contributed by atoms with Gasteiger partial charge in [-0.2, -0.15) is 9.97 Å². The van der Waals surface area contributed by atoms with E-state index in [0.29, 0.717) is 24.8 Å². The number of carbonyl (C=O) groups excluding carboxylic acids is 1. The van der Waals surface area contributed by atoms with Gasteiger partial charge in [0.1, 0.15) is 43.6 Å². The van der Waals surface area contributed by atoms with Gasteiger partial charge in [-0.25, -0.2) is 27.4 Å². The van der Waals surface area contributed by atoms with Gasteiger partial charge in [0.15, 0.2) is 11.6 Å². The highest BCUT2D eigenvalue weighted by molar-refractivity contribution is 6.90. The van der Waals surface area contributed by atoms with Crippen LogP contribution in [0.15, 0.2) is 30.3 Å². The fourth-order valence-electron chi connectivity index (χ4n) is 10.4. The molecule has 3 fully saturated rings. The molecule has 3 aromatic carbocycles. The summed E-state index contributed by atoms with van der Waals surface area (Å²) < 4.78 is 78.0. The molecule has 3 aliphatic rings. The van der Waals surface area contributed by atoms with E-state index >= 15 is 13.2 Å². The van der Waals surface area contributed by atoms with Gasteiger partial charge in [0.2, 0.25) is 0 Å². The Kier molecular flexibility index (Phi) is 12.3. The van der Waals surface area contributed by atoms with Crippen molar-refractivity contribution >= 4 is 47.3 Å². The smallest absolute Gasteiger partial charge is 0.429 e. The highest BCUT2D eigenvalue weighted by Crippen LogP contribution is 2.45. The molecule has 7 rings (SSSR count). The lowest BCUT2D eigenvalue weighted by atomic mass is 9.92. The summed E-state index contributed by atoms with van der Waals surface area (Å²) in [7, 11) is -2.37. The van der Waals surface area contributed by atoms with Crippen molar-refractivity contribution in [2.45, 2.75) is 135 Å². The number of nitrogen functional groups attached to an aromatic ring is 1. The number of hydrazine groups is 1. The maximum atomic E-state index is 17.8. The summed E-state index contributed by atoms with van der Waals surface area (Å²) in [5.74, 6) is 0.662. The predicted molar refractivity (Wildman–Crippen MR) is 237 cm³/mol. The Hall–Kier alpha value is -4.61. The molecule has 1 amide bonds. The van der Waals surface area contributed by atoms with Gasteiger partial charge >= 0.3 is 12.1 Å². The van der Waals surface area contributed by atoms with E-state index in [1.54, 1.807) is 31.8 Å². The Labute approximate surface area is 358 Å². The van der Waals surface area contributed by atoms with Crippen LogP contribution < -0.4 is 15.5 Å². The molecule has 0 radical (unpaired) electrons. The SMILES string of the molecule is CC(C)[Si](C#Cc1c(F)ccc2cc(N)cc(-c3c(F)cc4c(N5CCCCCN5C(=O)OC(C)(C)C)nc(OC[C@@]56CCCN5C[C@H](F)C6)nc4c3F)c12)(C(C)C)C(C)C. The van der Waals surface area contributed by atoms with Crippen molar-refractivity contribution < 1.29 is 31.8 Å². The third-order valence-corrected chi connectivity index (χ3v) is 19.4. The first kappa shape index (κ1) is 44.4. The molecule has 3 saturated heterocycles. The Morgan fingerprint density at radius 2 is 1.66 bits per heavy atom. The summed E-state index contributed by atoms with van der Waals surface area (Å²) in [6.45, 7) is 19.9. The number of ether oxygens (including phenoxy) is 2. The van der Waals surface area contributed by atoms with Crippen molar-refractivity contribution in [3.8, 4) is 28.6 Å². The molecule has 1 aromatic heterocycles. The van der Waals surface area contributed by atoms with E-state index in [4.69, 9.17) is 20.2 Å². The lowest BCUT2D eigenvalue weighted by Gasteiger charge is -2.38. The number of nitrogens with two attached hydrogens (primary N) is 1. The van der Waals surface area contributed by atoms with Crippen LogP contribution in [0, 0.1) is 28.9 Å². The van der Waals surface area contributed by atoms with Gasteiger partial charge in [-0.1, -0.05) is 53.5 Å². The second-order valence-electron chi connectivity index (χ2n) is 19.2. The molecule has 9 nitrogen and oxygen atoms in total. The minimum Gasteiger partial charge on any atom is -0.461 e. The first-order valence-corrected chi connectivity index (χ1v) is 24.0. The Balaban J connectivity index is 1.46. The highest BCUT2D eigenvalue weighted by Gasteiger charge is 2.49. The number of aromatic nitrogens is 2. The van der Waals surface area contributed by atoms with E-state index in [1.165, 1.54) is 23.2 Å². The van der Waals surface area contributed by atoms with E-state index in [1.807, 2.05) is 0 Å². The van der Waals surface area contributed by atoms with Crippen LogP contribution in [0.1, 0.15) is 106 Å². The molecule has 328 valence electrons. The van der Waals surface area contributed by atoms with Gasteiger partial charge in [0, 0.05) is 37.1 Å². The number of nitrogens with zero attached hydrogens (tertiary/aromatic N) is 5. The first-order valence-electron chi connectivity index (χ1n) is 21.8. The largest absolute Gasteiger partial charge is 0.461 e. The van der Waals surface area contributed by atoms with Crippen molar-refractivity contribution in [1.29, 1.82) is 0 Å². The minimum atomic E-state index is -2.37. The Morgan fingerprint density at radius 1 is 0.951 bits per heavy atom. The maximum Gasteiger partial charge on any atom is 0.429 e. The maximum absolute atomic E-state index is 17.8.